The van der Waals surface area contributed by atoms with Crippen LogP contribution in [0.3, 0.4) is 0 Å². The summed E-state index contributed by atoms with van der Waals surface area (Å²) in [6.45, 7) is 1.54. The molecule has 2 aliphatic rings. The van der Waals surface area contributed by atoms with Gasteiger partial charge in [-0.15, -0.1) is 0 Å². The molecule has 34 heavy (non-hydrogen) atoms. The van der Waals surface area contributed by atoms with Crippen LogP contribution < -0.4 is 4.74 Å². The van der Waals surface area contributed by atoms with Gasteiger partial charge >= 0.3 is 0 Å². The number of nitrogens with zero attached hydrogens (tertiary/aromatic N) is 2. The minimum atomic E-state index is -0.725. The number of hydrogen-bond acceptors (Lipinski definition) is 5. The van der Waals surface area contributed by atoms with Crippen LogP contribution in [0.1, 0.15) is 46.9 Å². The van der Waals surface area contributed by atoms with E-state index < -0.39 is 41.9 Å². The summed E-state index contributed by atoms with van der Waals surface area (Å²) in [5.74, 6) is -2.19. The molecule has 4 rings (SSSR count). The van der Waals surface area contributed by atoms with Crippen molar-refractivity contribution in [3.05, 3.63) is 63.6 Å². The number of ether oxygens (including phenoxy) is 1. The van der Waals surface area contributed by atoms with Gasteiger partial charge in [0.2, 0.25) is 0 Å². The average molecular weight is 503 g/mol. The molecule has 3 atom stereocenters. The largest absolute Gasteiger partial charge is 0.497 e. The molecule has 0 radical (unpaired) electrons. The summed E-state index contributed by atoms with van der Waals surface area (Å²) < 4.78 is 5.12. The van der Waals surface area contributed by atoms with Gasteiger partial charge in [-0.3, -0.25) is 19.2 Å². The third-order valence-corrected chi connectivity index (χ3v) is 7.05. The number of halogens is 2. The van der Waals surface area contributed by atoms with Crippen LogP contribution >= 0.6 is 23.2 Å². The first-order chi connectivity index (χ1) is 16.2. The van der Waals surface area contributed by atoms with Crippen LogP contribution in [0.15, 0.2) is 42.5 Å². The van der Waals surface area contributed by atoms with Gasteiger partial charge in [0.25, 0.3) is 17.7 Å². The highest BCUT2D eigenvalue weighted by molar-refractivity contribution is 6.36. The van der Waals surface area contributed by atoms with Gasteiger partial charge < -0.3 is 4.74 Å². The number of Topliss-reactive ketones (excluding diaryl/α,β-unsaturated/α-hetero) is 1. The number of fused-ring (bicyclic) bond motifs is 1. The van der Waals surface area contributed by atoms with Gasteiger partial charge in [0.15, 0.2) is 5.78 Å². The highest BCUT2D eigenvalue weighted by Gasteiger charge is 2.53. The van der Waals surface area contributed by atoms with Crippen molar-refractivity contribution in [1.82, 2.24) is 10.0 Å². The summed E-state index contributed by atoms with van der Waals surface area (Å²) >= 11 is 12.2. The second-order valence-corrected chi connectivity index (χ2v) is 9.60. The number of methoxy groups -OCH3 is 1. The Labute approximate surface area is 207 Å². The quantitative estimate of drug-likeness (QED) is 0.423. The zero-order valence-corrected chi connectivity index (χ0v) is 20.3. The summed E-state index contributed by atoms with van der Waals surface area (Å²) in [7, 11) is 1.51. The van der Waals surface area contributed by atoms with Crippen LogP contribution in [0.5, 0.6) is 5.75 Å². The van der Waals surface area contributed by atoms with Crippen LogP contribution in [0.2, 0.25) is 10.0 Å². The molecule has 7 nitrogen and oxygen atoms in total. The monoisotopic (exact) mass is 502 g/mol. The summed E-state index contributed by atoms with van der Waals surface area (Å²) in [4.78, 5) is 53.3. The SMILES string of the molecule is COc1ccc(C(=O)CN(C(=O)c2ccc(Cl)cc2Cl)N2C(=O)[C@H]3C[C@@H](C)CC[C@H]3C2=O)cc1. The van der Waals surface area contributed by atoms with E-state index in [2.05, 4.69) is 0 Å². The fourth-order valence-corrected chi connectivity index (χ4v) is 5.14. The van der Waals surface area contributed by atoms with Gasteiger partial charge in [-0.1, -0.05) is 30.1 Å². The molecule has 1 aliphatic heterocycles. The first kappa shape index (κ1) is 24.2. The summed E-state index contributed by atoms with van der Waals surface area (Å²) in [6.07, 6.45) is 1.97. The number of hydrazine groups is 1. The maximum atomic E-state index is 13.6. The lowest BCUT2D eigenvalue weighted by Crippen LogP contribution is -2.52. The number of amides is 3. The Morgan fingerprint density at radius 2 is 1.71 bits per heavy atom. The zero-order chi connectivity index (χ0) is 24.6. The van der Waals surface area contributed by atoms with Gasteiger partial charge in [-0.2, -0.15) is 5.01 Å². The Kier molecular flexibility index (Phi) is 6.96. The van der Waals surface area contributed by atoms with Crippen molar-refractivity contribution in [3.8, 4) is 5.75 Å². The molecule has 2 aromatic rings. The van der Waals surface area contributed by atoms with Crippen LogP contribution in [0.25, 0.3) is 0 Å². The number of rotatable bonds is 6. The number of hydrogen-bond donors (Lipinski definition) is 0. The number of carbonyl (C=O) groups excluding carboxylic acids is 4. The molecule has 0 unspecified atom stereocenters. The highest BCUT2D eigenvalue weighted by Crippen LogP contribution is 2.41. The van der Waals surface area contributed by atoms with E-state index in [0.717, 1.165) is 16.4 Å². The molecule has 0 bridgehead atoms. The van der Waals surface area contributed by atoms with E-state index in [1.54, 1.807) is 24.3 Å². The fraction of sp³-hybridized carbons (Fsp3) is 0.360. The molecule has 0 aromatic heterocycles. The number of ketones is 1. The Hall–Kier alpha value is -2.90. The summed E-state index contributed by atoms with van der Waals surface area (Å²) in [6, 6.07) is 10.7. The van der Waals surface area contributed by atoms with Crippen molar-refractivity contribution in [3.63, 3.8) is 0 Å². The van der Waals surface area contributed by atoms with E-state index >= 15 is 0 Å². The molecule has 0 N–H and O–H groups in total. The van der Waals surface area contributed by atoms with Crippen molar-refractivity contribution < 1.29 is 23.9 Å². The first-order valence-corrected chi connectivity index (χ1v) is 11.8. The average Bonchev–Trinajstić information content (AvgIpc) is 3.06. The van der Waals surface area contributed by atoms with E-state index in [-0.39, 0.29) is 10.6 Å². The van der Waals surface area contributed by atoms with Crippen molar-refractivity contribution in [2.24, 2.45) is 17.8 Å². The molecule has 3 amide bonds. The fourth-order valence-electron chi connectivity index (χ4n) is 4.65. The van der Waals surface area contributed by atoms with Crippen molar-refractivity contribution in [1.29, 1.82) is 0 Å². The van der Waals surface area contributed by atoms with Crippen LogP contribution in [0.4, 0.5) is 0 Å². The molecule has 2 fully saturated rings. The Morgan fingerprint density at radius 3 is 2.35 bits per heavy atom. The smallest absolute Gasteiger partial charge is 0.274 e. The first-order valence-electron chi connectivity index (χ1n) is 11.0. The highest BCUT2D eigenvalue weighted by atomic mass is 35.5. The molecule has 1 saturated carbocycles. The Morgan fingerprint density at radius 1 is 1.03 bits per heavy atom. The second kappa shape index (κ2) is 9.76. The van der Waals surface area contributed by atoms with E-state index in [9.17, 15) is 19.2 Å². The predicted octanol–water partition coefficient (Wildman–Crippen LogP) is 4.66. The van der Waals surface area contributed by atoms with Gasteiger partial charge in [0, 0.05) is 10.6 Å². The van der Waals surface area contributed by atoms with E-state index in [4.69, 9.17) is 27.9 Å². The molecular weight excluding hydrogens is 479 g/mol. The van der Waals surface area contributed by atoms with Crippen molar-refractivity contribution in [2.75, 3.05) is 13.7 Å². The van der Waals surface area contributed by atoms with E-state index in [0.29, 0.717) is 35.1 Å². The third kappa shape index (κ3) is 4.55. The van der Waals surface area contributed by atoms with Crippen LogP contribution in [-0.2, 0) is 9.59 Å². The lowest BCUT2D eigenvalue weighted by molar-refractivity contribution is -0.154. The summed E-state index contributed by atoms with van der Waals surface area (Å²) in [5, 5.41) is 2.18. The van der Waals surface area contributed by atoms with Gasteiger partial charge in [0.1, 0.15) is 12.3 Å². The second-order valence-electron chi connectivity index (χ2n) is 8.76. The Bertz CT molecular complexity index is 1150. The van der Waals surface area contributed by atoms with Gasteiger partial charge in [0.05, 0.1) is 29.5 Å². The van der Waals surface area contributed by atoms with Crippen molar-refractivity contribution >= 4 is 46.7 Å². The molecule has 2 aromatic carbocycles. The molecule has 178 valence electrons. The molecular formula is C25H24Cl2N2O5. The maximum Gasteiger partial charge on any atom is 0.274 e. The molecule has 1 aliphatic carbocycles. The van der Waals surface area contributed by atoms with Gasteiger partial charge in [-0.05, 0) is 67.6 Å². The molecule has 0 spiro atoms. The number of benzene rings is 2. The third-order valence-electron chi connectivity index (χ3n) is 6.51. The van der Waals surface area contributed by atoms with Crippen LogP contribution in [-0.4, -0.2) is 47.2 Å². The number of carbonyl (C=O) groups is 4. The predicted molar refractivity (Wildman–Crippen MR) is 127 cm³/mol. The molecule has 9 heteroatoms. The zero-order valence-electron chi connectivity index (χ0n) is 18.8. The van der Waals surface area contributed by atoms with Gasteiger partial charge in [-0.25, -0.2) is 5.01 Å². The standard InChI is InChI=1S/C25H24Cl2N2O5/c1-14-3-9-18-20(11-14)25(33)29(24(18)32)28(23(31)19-10-6-16(26)12-21(19)27)13-22(30)15-4-7-17(34-2)8-5-15/h4-8,10,12,14,18,20H,3,9,11,13H2,1-2H3/t14-,18+,20-/m0/s1. The normalized spacial score (nSPS) is 21.9. The van der Waals surface area contributed by atoms with E-state index in [1.165, 1.54) is 25.3 Å². The minimum absolute atomic E-state index is 0.0393. The summed E-state index contributed by atoms with van der Waals surface area (Å²) in [5.41, 5.74) is 0.350. The maximum absolute atomic E-state index is 13.6. The minimum Gasteiger partial charge on any atom is -0.497 e. The lowest BCUT2D eigenvalue weighted by atomic mass is 9.76. The topological polar surface area (TPSA) is 84.0 Å². The van der Waals surface area contributed by atoms with Crippen LogP contribution in [0, 0.1) is 17.8 Å². The lowest BCUT2D eigenvalue weighted by Gasteiger charge is -2.30. The number of imide groups is 1. The molecule has 1 saturated heterocycles. The van der Waals surface area contributed by atoms with E-state index in [1.807, 2.05) is 6.92 Å². The van der Waals surface area contributed by atoms with Crippen molar-refractivity contribution in [2.45, 2.75) is 26.2 Å². The molecule has 1 heterocycles. The Balaban J connectivity index is 1.70.